The van der Waals surface area contributed by atoms with Gasteiger partial charge in [0.1, 0.15) is 0 Å². The van der Waals surface area contributed by atoms with Gasteiger partial charge >= 0.3 is 11.9 Å². The standard InChI is InChI=1S/C33H28BrN3O5/c1-21(35-41-23(3)38)25-9-15-28(16-10-25)37(29-17-11-26(12-18-29)22(2)36-42-24(4)39)30-19-13-27(14-20-30)33(40)31-7-5-6-8-32(31)34/h5-20H,1-4H3. The third-order valence-corrected chi connectivity index (χ3v) is 6.91. The molecular formula is C33H28BrN3O5. The van der Waals surface area contributed by atoms with Crippen LogP contribution in [0.1, 0.15) is 54.7 Å². The van der Waals surface area contributed by atoms with Crippen LogP contribution in [0.2, 0.25) is 0 Å². The van der Waals surface area contributed by atoms with Crippen LogP contribution >= 0.6 is 15.9 Å². The van der Waals surface area contributed by atoms with E-state index in [1.54, 1.807) is 32.0 Å². The Morgan fingerprint density at radius 1 is 0.571 bits per heavy atom. The number of anilines is 3. The first kappa shape index (κ1) is 30.1. The Kier molecular flexibility index (Phi) is 9.77. The lowest BCUT2D eigenvalue weighted by atomic mass is 10.0. The molecule has 0 unspecified atom stereocenters. The zero-order valence-electron chi connectivity index (χ0n) is 23.5. The molecule has 42 heavy (non-hydrogen) atoms. The Hall–Kier alpha value is -4.89. The fourth-order valence-corrected chi connectivity index (χ4v) is 4.55. The Labute approximate surface area is 252 Å². The molecule has 0 bridgehead atoms. The van der Waals surface area contributed by atoms with Crippen LogP contribution in [0, 0.1) is 0 Å². The molecule has 4 rings (SSSR count). The van der Waals surface area contributed by atoms with Crippen molar-refractivity contribution in [2.24, 2.45) is 10.3 Å². The third kappa shape index (κ3) is 7.44. The SMILES string of the molecule is CC(=O)ON=C(C)c1ccc(N(c2ccc(C(=O)c3ccccc3Br)cc2)c2ccc(C(C)=NOC(C)=O)cc2)cc1. The van der Waals surface area contributed by atoms with Crippen molar-refractivity contribution in [2.45, 2.75) is 27.7 Å². The number of nitrogens with zero attached hydrogens (tertiary/aromatic N) is 3. The van der Waals surface area contributed by atoms with E-state index in [1.807, 2.05) is 83.8 Å². The maximum absolute atomic E-state index is 13.2. The molecule has 0 saturated carbocycles. The predicted molar refractivity (Wildman–Crippen MR) is 167 cm³/mol. The van der Waals surface area contributed by atoms with Crippen molar-refractivity contribution < 1.29 is 24.1 Å². The number of ketones is 1. The van der Waals surface area contributed by atoms with E-state index in [4.69, 9.17) is 9.68 Å². The quantitative estimate of drug-likeness (QED) is 0.0817. The van der Waals surface area contributed by atoms with Gasteiger partial charge < -0.3 is 14.6 Å². The van der Waals surface area contributed by atoms with Crippen molar-refractivity contribution in [2.75, 3.05) is 4.90 Å². The van der Waals surface area contributed by atoms with E-state index in [9.17, 15) is 14.4 Å². The number of oxime groups is 2. The summed E-state index contributed by atoms with van der Waals surface area (Å²) in [6.07, 6.45) is 0. The summed E-state index contributed by atoms with van der Waals surface area (Å²) < 4.78 is 0.737. The number of hydrogen-bond acceptors (Lipinski definition) is 8. The number of carbonyl (C=O) groups is 3. The van der Waals surface area contributed by atoms with Gasteiger partial charge in [-0.1, -0.05) is 62.6 Å². The first-order valence-electron chi connectivity index (χ1n) is 13.0. The largest absolute Gasteiger partial charge is 0.331 e. The Balaban J connectivity index is 1.71. The summed E-state index contributed by atoms with van der Waals surface area (Å²) in [5.41, 5.74) is 6.38. The summed E-state index contributed by atoms with van der Waals surface area (Å²) in [5, 5.41) is 7.74. The Morgan fingerprint density at radius 2 is 0.952 bits per heavy atom. The lowest BCUT2D eigenvalue weighted by molar-refractivity contribution is -0.141. The maximum Gasteiger partial charge on any atom is 0.331 e. The lowest BCUT2D eigenvalue weighted by Crippen LogP contribution is -2.11. The summed E-state index contributed by atoms with van der Waals surface area (Å²) in [6.45, 7) is 6.11. The second kappa shape index (κ2) is 13.6. The van der Waals surface area contributed by atoms with E-state index >= 15 is 0 Å². The van der Waals surface area contributed by atoms with Crippen molar-refractivity contribution in [1.29, 1.82) is 0 Å². The molecule has 0 amide bonds. The van der Waals surface area contributed by atoms with Gasteiger partial charge in [-0.15, -0.1) is 0 Å². The molecule has 0 N–H and O–H groups in total. The summed E-state index contributed by atoms with van der Waals surface area (Å²) in [4.78, 5) is 47.0. The molecule has 0 radical (unpaired) electrons. The highest BCUT2D eigenvalue weighted by Crippen LogP contribution is 2.35. The van der Waals surface area contributed by atoms with Gasteiger partial charge in [0, 0.05) is 46.5 Å². The lowest BCUT2D eigenvalue weighted by Gasteiger charge is -2.26. The molecule has 0 aliphatic rings. The van der Waals surface area contributed by atoms with Crippen molar-refractivity contribution in [3.05, 3.63) is 124 Å². The monoisotopic (exact) mass is 625 g/mol. The number of benzene rings is 4. The van der Waals surface area contributed by atoms with E-state index in [2.05, 4.69) is 26.2 Å². The zero-order chi connectivity index (χ0) is 30.2. The van der Waals surface area contributed by atoms with Gasteiger partial charge in [-0.3, -0.25) is 4.79 Å². The Bertz CT molecular complexity index is 1590. The fraction of sp³-hybridized carbons (Fsp3) is 0.121. The minimum Gasteiger partial charge on any atom is -0.318 e. The van der Waals surface area contributed by atoms with E-state index in [0.717, 1.165) is 32.7 Å². The minimum absolute atomic E-state index is 0.0839. The van der Waals surface area contributed by atoms with Gasteiger partial charge in [0.2, 0.25) is 0 Å². The van der Waals surface area contributed by atoms with Gasteiger partial charge in [-0.2, -0.15) is 0 Å². The molecule has 0 atom stereocenters. The number of rotatable bonds is 9. The number of carbonyl (C=O) groups excluding carboxylic acids is 3. The van der Waals surface area contributed by atoms with Gasteiger partial charge in [-0.25, -0.2) is 9.59 Å². The minimum atomic E-state index is -0.490. The van der Waals surface area contributed by atoms with E-state index in [1.165, 1.54) is 13.8 Å². The Morgan fingerprint density at radius 3 is 1.33 bits per heavy atom. The molecule has 0 saturated heterocycles. The second-order valence-electron chi connectivity index (χ2n) is 9.30. The summed E-state index contributed by atoms with van der Waals surface area (Å²) in [6, 6.07) is 30.0. The van der Waals surface area contributed by atoms with Crippen LogP contribution in [0.3, 0.4) is 0 Å². The highest BCUT2D eigenvalue weighted by atomic mass is 79.9. The van der Waals surface area contributed by atoms with Crippen molar-refractivity contribution in [3.8, 4) is 0 Å². The molecule has 4 aromatic carbocycles. The van der Waals surface area contributed by atoms with Crippen LogP contribution in [0.25, 0.3) is 0 Å². The van der Waals surface area contributed by atoms with E-state index < -0.39 is 11.9 Å². The average Bonchev–Trinajstić information content (AvgIpc) is 2.99. The van der Waals surface area contributed by atoms with Gasteiger partial charge in [0.05, 0.1) is 11.4 Å². The topological polar surface area (TPSA) is 97.6 Å². The first-order chi connectivity index (χ1) is 20.1. The highest BCUT2D eigenvalue weighted by Gasteiger charge is 2.16. The molecular weight excluding hydrogens is 598 g/mol. The fourth-order valence-electron chi connectivity index (χ4n) is 4.08. The maximum atomic E-state index is 13.2. The smallest absolute Gasteiger partial charge is 0.318 e. The van der Waals surface area contributed by atoms with Crippen LogP contribution < -0.4 is 4.90 Å². The zero-order valence-corrected chi connectivity index (χ0v) is 25.1. The summed E-state index contributed by atoms with van der Waals surface area (Å²) >= 11 is 3.46. The summed E-state index contributed by atoms with van der Waals surface area (Å²) in [7, 11) is 0. The molecule has 0 aliphatic carbocycles. The van der Waals surface area contributed by atoms with Gasteiger partial charge in [0.25, 0.3) is 0 Å². The number of hydrogen-bond donors (Lipinski definition) is 0. The van der Waals surface area contributed by atoms with Crippen molar-refractivity contribution >= 4 is 62.1 Å². The van der Waals surface area contributed by atoms with Gasteiger partial charge in [-0.05, 0) is 85.6 Å². The van der Waals surface area contributed by atoms with Crippen LogP contribution in [0.15, 0.2) is 112 Å². The van der Waals surface area contributed by atoms with E-state index in [0.29, 0.717) is 22.6 Å². The van der Waals surface area contributed by atoms with Crippen LogP contribution in [0.4, 0.5) is 17.1 Å². The molecule has 8 nitrogen and oxygen atoms in total. The van der Waals surface area contributed by atoms with E-state index in [-0.39, 0.29) is 5.78 Å². The molecule has 0 spiro atoms. The van der Waals surface area contributed by atoms with Gasteiger partial charge in [0.15, 0.2) is 5.78 Å². The molecule has 0 aliphatic heterocycles. The molecule has 0 fully saturated rings. The molecule has 212 valence electrons. The molecule has 4 aromatic rings. The summed E-state index contributed by atoms with van der Waals surface area (Å²) in [5.74, 6) is -1.06. The highest BCUT2D eigenvalue weighted by molar-refractivity contribution is 9.10. The molecule has 0 heterocycles. The van der Waals surface area contributed by atoms with Crippen molar-refractivity contribution in [1.82, 2.24) is 0 Å². The average molecular weight is 627 g/mol. The second-order valence-corrected chi connectivity index (χ2v) is 10.2. The molecule has 9 heteroatoms. The third-order valence-electron chi connectivity index (χ3n) is 6.21. The number of halogens is 1. The molecule has 0 aromatic heterocycles. The predicted octanol–water partition coefficient (Wildman–Crippen LogP) is 7.72. The normalized spacial score (nSPS) is 11.5. The van der Waals surface area contributed by atoms with Crippen molar-refractivity contribution in [3.63, 3.8) is 0 Å². The van der Waals surface area contributed by atoms with Crippen LogP contribution in [-0.4, -0.2) is 29.1 Å². The van der Waals surface area contributed by atoms with Crippen LogP contribution in [-0.2, 0) is 19.3 Å². The first-order valence-corrected chi connectivity index (χ1v) is 13.8. The van der Waals surface area contributed by atoms with Crippen LogP contribution in [0.5, 0.6) is 0 Å².